The molecule has 5 nitrogen and oxygen atoms in total. The largest absolute Gasteiger partial charge is 0.484 e. The molecule has 6 heteroatoms. The van der Waals surface area contributed by atoms with Crippen molar-refractivity contribution in [1.82, 2.24) is 9.80 Å². The second-order valence-corrected chi connectivity index (χ2v) is 6.83. The maximum absolute atomic E-state index is 12.9. The van der Waals surface area contributed by atoms with Gasteiger partial charge in [-0.25, -0.2) is 4.39 Å². The van der Waals surface area contributed by atoms with E-state index in [0.29, 0.717) is 5.75 Å². The Balaban J connectivity index is 1.64. The lowest BCUT2D eigenvalue weighted by Crippen LogP contribution is -2.57. The maximum Gasteiger partial charge on any atom is 0.260 e. The lowest BCUT2D eigenvalue weighted by atomic mass is 9.87. The van der Waals surface area contributed by atoms with Crippen LogP contribution in [0.3, 0.4) is 0 Å². The molecule has 0 bridgehead atoms. The summed E-state index contributed by atoms with van der Waals surface area (Å²) >= 11 is 0. The monoisotopic (exact) mass is 350 g/mol. The topological polar surface area (TPSA) is 42.0 Å². The van der Waals surface area contributed by atoms with Gasteiger partial charge in [-0.3, -0.25) is 9.69 Å². The van der Waals surface area contributed by atoms with Crippen LogP contribution < -0.4 is 4.74 Å². The second-order valence-electron chi connectivity index (χ2n) is 6.83. The lowest BCUT2D eigenvalue weighted by Gasteiger charge is -2.46. The van der Waals surface area contributed by atoms with Gasteiger partial charge >= 0.3 is 0 Å². The molecular formula is C19H27FN2O3. The quantitative estimate of drug-likeness (QED) is 0.836. The number of rotatable bonds is 4. The van der Waals surface area contributed by atoms with Crippen LogP contribution in [-0.4, -0.2) is 67.2 Å². The summed E-state index contributed by atoms with van der Waals surface area (Å²) in [6, 6.07) is 5.76. The highest BCUT2D eigenvalue weighted by Crippen LogP contribution is 2.31. The van der Waals surface area contributed by atoms with E-state index in [1.54, 1.807) is 12.1 Å². The third-order valence-electron chi connectivity index (χ3n) is 5.35. The summed E-state index contributed by atoms with van der Waals surface area (Å²) in [5, 5.41) is 0. The summed E-state index contributed by atoms with van der Waals surface area (Å²) in [6.07, 6.45) is 2.89. The molecule has 0 aromatic heterocycles. The third-order valence-corrected chi connectivity index (χ3v) is 5.35. The van der Waals surface area contributed by atoms with Crippen molar-refractivity contribution < 1.29 is 18.7 Å². The lowest BCUT2D eigenvalue weighted by molar-refractivity contribution is -0.135. The van der Waals surface area contributed by atoms with Gasteiger partial charge in [0.2, 0.25) is 0 Å². The first-order chi connectivity index (χ1) is 12.1. The van der Waals surface area contributed by atoms with Gasteiger partial charge in [0.1, 0.15) is 11.6 Å². The summed E-state index contributed by atoms with van der Waals surface area (Å²) in [7, 11) is 0. The van der Waals surface area contributed by atoms with E-state index in [9.17, 15) is 9.18 Å². The Morgan fingerprint density at radius 3 is 2.64 bits per heavy atom. The molecule has 0 radical (unpaired) electrons. The Labute approximate surface area is 148 Å². The molecular weight excluding hydrogens is 323 g/mol. The number of hydrogen-bond donors (Lipinski definition) is 0. The molecule has 1 spiro atoms. The van der Waals surface area contributed by atoms with E-state index in [0.717, 1.165) is 58.7 Å². The normalized spacial score (nSPS) is 21.1. The number of ether oxygens (including phenoxy) is 2. The Hall–Kier alpha value is -1.66. The van der Waals surface area contributed by atoms with Crippen molar-refractivity contribution >= 4 is 5.91 Å². The first-order valence-corrected chi connectivity index (χ1v) is 9.12. The van der Waals surface area contributed by atoms with Crippen LogP contribution in [0.1, 0.15) is 26.2 Å². The molecule has 2 saturated heterocycles. The number of benzene rings is 1. The molecule has 0 saturated carbocycles. The molecule has 2 fully saturated rings. The summed E-state index contributed by atoms with van der Waals surface area (Å²) in [5.74, 6) is 0.195. The predicted octanol–water partition coefficient (Wildman–Crippen LogP) is 2.31. The highest BCUT2D eigenvalue weighted by atomic mass is 19.1. The van der Waals surface area contributed by atoms with Crippen LogP contribution in [0.25, 0.3) is 0 Å². The molecule has 3 rings (SSSR count). The predicted molar refractivity (Wildman–Crippen MR) is 93.1 cm³/mol. The smallest absolute Gasteiger partial charge is 0.260 e. The Bertz CT molecular complexity index is 573. The zero-order chi connectivity index (χ0) is 17.7. The van der Waals surface area contributed by atoms with Crippen molar-refractivity contribution in [2.75, 3.05) is 46.0 Å². The van der Waals surface area contributed by atoms with E-state index in [1.807, 2.05) is 4.90 Å². The minimum Gasteiger partial charge on any atom is -0.484 e. The van der Waals surface area contributed by atoms with Crippen LogP contribution in [0, 0.1) is 5.82 Å². The van der Waals surface area contributed by atoms with Crippen LogP contribution in [0.15, 0.2) is 24.3 Å². The van der Waals surface area contributed by atoms with Crippen molar-refractivity contribution in [3.63, 3.8) is 0 Å². The van der Waals surface area contributed by atoms with E-state index in [4.69, 9.17) is 9.47 Å². The number of amides is 1. The molecule has 1 aromatic rings. The van der Waals surface area contributed by atoms with E-state index in [2.05, 4.69) is 11.8 Å². The second kappa shape index (κ2) is 8.15. The Morgan fingerprint density at radius 2 is 1.96 bits per heavy atom. The number of carbonyl (C=O) groups is 1. The van der Waals surface area contributed by atoms with E-state index in [-0.39, 0.29) is 23.9 Å². The highest BCUT2D eigenvalue weighted by molar-refractivity contribution is 5.78. The zero-order valence-electron chi connectivity index (χ0n) is 14.9. The van der Waals surface area contributed by atoms with Gasteiger partial charge in [-0.15, -0.1) is 0 Å². The van der Waals surface area contributed by atoms with E-state index >= 15 is 0 Å². The van der Waals surface area contributed by atoms with Crippen LogP contribution in [0.2, 0.25) is 0 Å². The van der Waals surface area contributed by atoms with Gasteiger partial charge in [-0.1, -0.05) is 6.92 Å². The zero-order valence-corrected chi connectivity index (χ0v) is 14.9. The molecule has 0 aliphatic carbocycles. The number of halogens is 1. The summed E-state index contributed by atoms with van der Waals surface area (Å²) < 4.78 is 24.1. The van der Waals surface area contributed by atoms with Crippen molar-refractivity contribution in [1.29, 1.82) is 0 Å². The van der Waals surface area contributed by atoms with Gasteiger partial charge in [0.05, 0.1) is 0 Å². The molecule has 2 aliphatic rings. The fraction of sp³-hybridized carbons (Fsp3) is 0.632. The van der Waals surface area contributed by atoms with Crippen molar-refractivity contribution in [2.24, 2.45) is 0 Å². The molecule has 0 N–H and O–H groups in total. The fourth-order valence-electron chi connectivity index (χ4n) is 3.92. The third kappa shape index (κ3) is 4.30. The number of carbonyl (C=O) groups excluding carboxylic acids is 1. The SMILES string of the molecule is CCN1CCCN(C(=O)COc2ccc(F)cc2)CC12CCOCC2. The number of hydrogen-bond acceptors (Lipinski definition) is 4. The minimum absolute atomic E-state index is 0.00635. The molecule has 1 aromatic carbocycles. The Morgan fingerprint density at radius 1 is 1.24 bits per heavy atom. The Kier molecular flexibility index (Phi) is 5.91. The van der Waals surface area contributed by atoms with Crippen molar-refractivity contribution in [2.45, 2.75) is 31.7 Å². The molecule has 25 heavy (non-hydrogen) atoms. The number of likely N-dealkylation sites (N-methyl/N-ethyl adjacent to an activating group) is 1. The molecule has 138 valence electrons. The molecule has 0 unspecified atom stereocenters. The van der Waals surface area contributed by atoms with Gasteiger partial charge in [-0.2, -0.15) is 0 Å². The molecule has 2 heterocycles. The summed E-state index contributed by atoms with van der Waals surface area (Å²) in [4.78, 5) is 17.1. The minimum atomic E-state index is -0.313. The van der Waals surface area contributed by atoms with Gasteiger partial charge in [0, 0.05) is 38.4 Å². The standard InChI is InChI=1S/C19H27FN2O3/c1-2-22-11-3-10-21(15-19(22)8-12-24-13-9-19)18(23)14-25-17-6-4-16(20)5-7-17/h4-7H,2-3,8-15H2,1H3. The average molecular weight is 350 g/mol. The summed E-state index contributed by atoms with van der Waals surface area (Å²) in [6.45, 7) is 7.18. The molecule has 1 amide bonds. The van der Waals surface area contributed by atoms with Crippen molar-refractivity contribution in [3.05, 3.63) is 30.1 Å². The highest BCUT2D eigenvalue weighted by Gasteiger charge is 2.41. The van der Waals surface area contributed by atoms with Gasteiger partial charge in [-0.05, 0) is 50.1 Å². The van der Waals surface area contributed by atoms with Gasteiger partial charge in [0.25, 0.3) is 5.91 Å². The van der Waals surface area contributed by atoms with E-state index in [1.165, 1.54) is 12.1 Å². The number of nitrogens with zero attached hydrogens (tertiary/aromatic N) is 2. The first kappa shape index (κ1) is 18.1. The van der Waals surface area contributed by atoms with Crippen molar-refractivity contribution in [3.8, 4) is 5.75 Å². The van der Waals surface area contributed by atoms with Crippen LogP contribution in [0.5, 0.6) is 5.75 Å². The first-order valence-electron chi connectivity index (χ1n) is 9.12. The maximum atomic E-state index is 12.9. The molecule has 0 atom stereocenters. The average Bonchev–Trinajstić information content (AvgIpc) is 2.81. The van der Waals surface area contributed by atoms with Crippen LogP contribution in [-0.2, 0) is 9.53 Å². The van der Waals surface area contributed by atoms with E-state index < -0.39 is 0 Å². The van der Waals surface area contributed by atoms with Crippen LogP contribution in [0.4, 0.5) is 4.39 Å². The van der Waals surface area contributed by atoms with Gasteiger partial charge in [0.15, 0.2) is 6.61 Å². The van der Waals surface area contributed by atoms with Crippen LogP contribution >= 0.6 is 0 Å². The summed E-state index contributed by atoms with van der Waals surface area (Å²) in [5.41, 5.74) is 0.0229. The van der Waals surface area contributed by atoms with Gasteiger partial charge < -0.3 is 14.4 Å². The fourth-order valence-corrected chi connectivity index (χ4v) is 3.92. The molecule has 2 aliphatic heterocycles.